The van der Waals surface area contributed by atoms with Crippen LogP contribution in [0.4, 0.5) is 4.79 Å². The number of hydrogen-bond donors (Lipinski definition) is 2. The molecule has 8 heteroatoms. The number of hydrogen-bond acceptors (Lipinski definition) is 4. The zero-order valence-electron chi connectivity index (χ0n) is 22.4. The van der Waals surface area contributed by atoms with E-state index in [9.17, 15) is 19.5 Å². The Labute approximate surface area is 234 Å². The average Bonchev–Trinajstić information content (AvgIpc) is 2.96. The van der Waals surface area contributed by atoms with Crippen molar-refractivity contribution < 1.29 is 19.5 Å². The van der Waals surface area contributed by atoms with Gasteiger partial charge in [0.05, 0.1) is 6.54 Å². The molecule has 3 atom stereocenters. The summed E-state index contributed by atoms with van der Waals surface area (Å²) in [6.07, 6.45) is 1.95. The molecule has 2 fully saturated rings. The van der Waals surface area contributed by atoms with E-state index < -0.39 is 12.2 Å². The Morgan fingerprint density at radius 1 is 0.925 bits per heavy atom. The number of nitrogens with zero attached hydrogens (tertiary/aromatic N) is 3. The summed E-state index contributed by atoms with van der Waals surface area (Å²) in [5.74, 6) is -0.182. The number of phenolic OH excluding ortho intramolecular Hbond substituents is 1. The average molecular weight is 539 g/mol. The maximum Gasteiger partial charge on any atom is 0.319 e. The molecule has 2 aliphatic heterocycles. The first kappa shape index (κ1) is 27.0. The quantitative estimate of drug-likeness (QED) is 0.423. The molecule has 0 saturated carbocycles. The molecule has 3 aromatic rings. The summed E-state index contributed by atoms with van der Waals surface area (Å²) in [5.41, 5.74) is 2.76. The highest BCUT2D eigenvalue weighted by Crippen LogP contribution is 2.32. The van der Waals surface area contributed by atoms with Gasteiger partial charge in [-0.25, -0.2) is 4.79 Å². The van der Waals surface area contributed by atoms with Crippen molar-refractivity contribution in [2.75, 3.05) is 6.54 Å². The molecular formula is C32H34N4O4. The molecule has 2 saturated heterocycles. The first-order valence-electron chi connectivity index (χ1n) is 13.6. The van der Waals surface area contributed by atoms with Crippen LogP contribution in [0.25, 0.3) is 0 Å². The van der Waals surface area contributed by atoms with Gasteiger partial charge >= 0.3 is 6.03 Å². The first-order chi connectivity index (χ1) is 19.4. The predicted molar refractivity (Wildman–Crippen MR) is 152 cm³/mol. The van der Waals surface area contributed by atoms with Gasteiger partial charge in [0.1, 0.15) is 18.0 Å². The molecular weight excluding hydrogens is 504 g/mol. The number of fused-ring (bicyclic) bond motifs is 1. The van der Waals surface area contributed by atoms with Crippen LogP contribution in [0, 0.1) is 0 Å². The zero-order chi connectivity index (χ0) is 28.1. The Balaban J connectivity index is 1.48. The third-order valence-corrected chi connectivity index (χ3v) is 7.59. The van der Waals surface area contributed by atoms with Crippen molar-refractivity contribution >= 4 is 17.8 Å². The minimum absolute atomic E-state index is 0.110. The van der Waals surface area contributed by atoms with Crippen LogP contribution in [0.3, 0.4) is 0 Å². The fourth-order valence-electron chi connectivity index (χ4n) is 5.67. The van der Waals surface area contributed by atoms with E-state index >= 15 is 0 Å². The highest BCUT2D eigenvalue weighted by Gasteiger charge is 2.51. The lowest BCUT2D eigenvalue weighted by molar-refractivity contribution is -0.170. The monoisotopic (exact) mass is 538 g/mol. The van der Waals surface area contributed by atoms with Crippen molar-refractivity contribution in [2.45, 2.75) is 50.6 Å². The minimum Gasteiger partial charge on any atom is -0.508 e. The van der Waals surface area contributed by atoms with Gasteiger partial charge < -0.3 is 20.2 Å². The van der Waals surface area contributed by atoms with Gasteiger partial charge in [-0.05, 0) is 35.2 Å². The van der Waals surface area contributed by atoms with Gasteiger partial charge in [0.2, 0.25) is 11.8 Å². The van der Waals surface area contributed by atoms with Crippen LogP contribution in [0.5, 0.6) is 5.75 Å². The molecule has 0 aliphatic carbocycles. The molecule has 2 N–H and O–H groups in total. The van der Waals surface area contributed by atoms with Crippen molar-refractivity contribution in [3.05, 3.63) is 114 Å². The van der Waals surface area contributed by atoms with Crippen LogP contribution < -0.4 is 5.32 Å². The molecule has 206 valence electrons. The molecule has 4 amide bonds. The number of nitrogens with one attached hydrogen (secondary N) is 1. The lowest BCUT2D eigenvalue weighted by atomic mass is 9.94. The number of rotatable bonds is 8. The second kappa shape index (κ2) is 12.1. The number of aromatic hydroxyl groups is 1. The van der Waals surface area contributed by atoms with Gasteiger partial charge in [0, 0.05) is 32.0 Å². The van der Waals surface area contributed by atoms with E-state index in [-0.39, 0.29) is 49.0 Å². The van der Waals surface area contributed by atoms with Crippen LogP contribution in [-0.4, -0.2) is 62.4 Å². The summed E-state index contributed by atoms with van der Waals surface area (Å²) in [7, 11) is 0. The highest BCUT2D eigenvalue weighted by atomic mass is 16.3. The van der Waals surface area contributed by atoms with Crippen LogP contribution >= 0.6 is 0 Å². The topological polar surface area (TPSA) is 93.2 Å². The van der Waals surface area contributed by atoms with Crippen LogP contribution in [0.1, 0.15) is 29.5 Å². The van der Waals surface area contributed by atoms with Gasteiger partial charge in [-0.2, -0.15) is 0 Å². The second-order valence-corrected chi connectivity index (χ2v) is 10.3. The standard InChI is InChI=1S/C32H34N4O4/c1-2-9-26-19-30(38)36-28(18-23-14-16-27(37)17-15-23)31(39)34(21-25-12-7-4-8-13-25)22-29(36)35(26)32(40)33-20-24-10-5-3-6-11-24/h2-8,10-17,26,28-29,37H,1,9,18-22H2,(H,33,40). The molecule has 5 rings (SSSR count). The van der Waals surface area contributed by atoms with Gasteiger partial charge in [-0.1, -0.05) is 78.9 Å². The molecule has 2 aliphatic rings. The predicted octanol–water partition coefficient (Wildman–Crippen LogP) is 4.06. The number of amides is 4. The summed E-state index contributed by atoms with van der Waals surface area (Å²) in [5, 5.41) is 12.8. The van der Waals surface area contributed by atoms with Crippen LogP contribution in [0.15, 0.2) is 97.6 Å². The molecule has 0 radical (unpaired) electrons. The summed E-state index contributed by atoms with van der Waals surface area (Å²) in [4.78, 5) is 46.5. The Kier molecular flexibility index (Phi) is 8.15. The number of carbonyl (C=O) groups excluding carboxylic acids is 3. The maximum atomic E-state index is 13.9. The molecule has 0 aromatic heterocycles. The highest BCUT2D eigenvalue weighted by molar-refractivity contribution is 5.91. The summed E-state index contributed by atoms with van der Waals surface area (Å²) >= 11 is 0. The Bertz CT molecular complexity index is 1350. The van der Waals surface area contributed by atoms with E-state index in [4.69, 9.17) is 0 Å². The second-order valence-electron chi connectivity index (χ2n) is 10.3. The number of phenols is 1. The largest absolute Gasteiger partial charge is 0.508 e. The molecule has 0 spiro atoms. The van der Waals surface area contributed by atoms with Crippen LogP contribution in [-0.2, 0) is 29.1 Å². The molecule has 3 aromatic carbocycles. The minimum atomic E-state index is -0.784. The smallest absolute Gasteiger partial charge is 0.319 e. The maximum absolute atomic E-state index is 13.9. The molecule has 40 heavy (non-hydrogen) atoms. The lowest BCUT2D eigenvalue weighted by Gasteiger charge is -2.54. The van der Waals surface area contributed by atoms with Gasteiger partial charge in [-0.15, -0.1) is 6.58 Å². The third-order valence-electron chi connectivity index (χ3n) is 7.59. The lowest BCUT2D eigenvalue weighted by Crippen LogP contribution is -2.74. The SMILES string of the molecule is C=CCC1CC(=O)N2C(Cc3ccc(O)cc3)C(=O)N(Cc3ccccc3)CC2N1C(=O)NCc1ccccc1. The Morgan fingerprint density at radius 2 is 1.57 bits per heavy atom. The molecule has 3 unspecified atom stereocenters. The Morgan fingerprint density at radius 3 is 2.23 bits per heavy atom. The number of carbonyl (C=O) groups is 3. The summed E-state index contributed by atoms with van der Waals surface area (Å²) < 4.78 is 0. The number of urea groups is 1. The Hall–Kier alpha value is -4.59. The molecule has 2 heterocycles. The van der Waals surface area contributed by atoms with E-state index in [1.54, 1.807) is 45.0 Å². The van der Waals surface area contributed by atoms with Gasteiger partial charge in [-0.3, -0.25) is 14.5 Å². The van der Waals surface area contributed by atoms with Gasteiger partial charge in [0.15, 0.2) is 0 Å². The van der Waals surface area contributed by atoms with Crippen molar-refractivity contribution in [2.24, 2.45) is 0 Å². The third kappa shape index (κ3) is 5.86. The van der Waals surface area contributed by atoms with Gasteiger partial charge in [0.25, 0.3) is 0 Å². The fourth-order valence-corrected chi connectivity index (χ4v) is 5.67. The van der Waals surface area contributed by atoms with Crippen molar-refractivity contribution in [3.63, 3.8) is 0 Å². The van der Waals surface area contributed by atoms with Crippen molar-refractivity contribution in [3.8, 4) is 5.75 Å². The summed E-state index contributed by atoms with van der Waals surface area (Å²) in [6.45, 7) is 4.79. The summed E-state index contributed by atoms with van der Waals surface area (Å²) in [6, 6.07) is 24.6. The van der Waals surface area contributed by atoms with E-state index in [0.29, 0.717) is 19.5 Å². The van der Waals surface area contributed by atoms with E-state index in [2.05, 4.69) is 11.9 Å². The van der Waals surface area contributed by atoms with E-state index in [1.807, 2.05) is 60.7 Å². The first-order valence-corrected chi connectivity index (χ1v) is 13.6. The van der Waals surface area contributed by atoms with Crippen molar-refractivity contribution in [1.82, 2.24) is 20.0 Å². The van der Waals surface area contributed by atoms with E-state index in [1.165, 1.54) is 0 Å². The zero-order valence-corrected chi connectivity index (χ0v) is 22.4. The van der Waals surface area contributed by atoms with Crippen molar-refractivity contribution in [1.29, 1.82) is 0 Å². The normalized spacial score (nSPS) is 20.7. The molecule has 8 nitrogen and oxygen atoms in total. The number of benzene rings is 3. The van der Waals surface area contributed by atoms with E-state index in [0.717, 1.165) is 16.7 Å². The fraction of sp³-hybridized carbons (Fsp3) is 0.281. The molecule has 0 bridgehead atoms. The van der Waals surface area contributed by atoms with Crippen LogP contribution in [0.2, 0.25) is 0 Å². The number of piperazine rings is 1.